The molecule has 3 rings (SSSR count). The molecule has 2 aliphatic rings. The average Bonchev–Trinajstić information content (AvgIpc) is 2.85. The standard InChI is InChI=1S/C17H22N2O3/c1-18-9-14(8-16(18)20)17(21)19(2)10-15-7-12-5-3-4-6-13(12)11-22-15/h3-6,14-15H,7-11H2,1-2H3. The molecule has 1 aromatic carbocycles. The second kappa shape index (κ2) is 6.08. The number of nitrogens with zero attached hydrogens (tertiary/aromatic N) is 2. The normalized spacial score (nSPS) is 24.3. The van der Waals surface area contributed by atoms with Gasteiger partial charge in [0.05, 0.1) is 18.6 Å². The lowest BCUT2D eigenvalue weighted by Gasteiger charge is -2.30. The van der Waals surface area contributed by atoms with E-state index in [2.05, 4.69) is 12.1 Å². The zero-order valence-electron chi connectivity index (χ0n) is 13.1. The maximum absolute atomic E-state index is 12.4. The summed E-state index contributed by atoms with van der Waals surface area (Å²) in [6, 6.07) is 8.26. The van der Waals surface area contributed by atoms with Gasteiger partial charge in [0.1, 0.15) is 0 Å². The molecule has 0 radical (unpaired) electrons. The first-order valence-corrected chi connectivity index (χ1v) is 7.72. The van der Waals surface area contributed by atoms with Gasteiger partial charge in [0.2, 0.25) is 11.8 Å². The van der Waals surface area contributed by atoms with E-state index < -0.39 is 0 Å². The predicted octanol–water partition coefficient (Wildman–Crippen LogP) is 1.06. The molecule has 2 unspecified atom stereocenters. The van der Waals surface area contributed by atoms with E-state index in [-0.39, 0.29) is 23.8 Å². The number of carbonyl (C=O) groups is 2. The van der Waals surface area contributed by atoms with E-state index in [1.54, 1.807) is 23.9 Å². The van der Waals surface area contributed by atoms with Crippen LogP contribution >= 0.6 is 0 Å². The number of amides is 2. The summed E-state index contributed by atoms with van der Waals surface area (Å²) < 4.78 is 5.86. The highest BCUT2D eigenvalue weighted by Gasteiger charge is 2.34. The summed E-state index contributed by atoms with van der Waals surface area (Å²) >= 11 is 0. The molecule has 0 saturated carbocycles. The molecule has 0 N–H and O–H groups in total. The largest absolute Gasteiger partial charge is 0.371 e. The van der Waals surface area contributed by atoms with Gasteiger partial charge in [0.15, 0.2) is 0 Å². The van der Waals surface area contributed by atoms with Gasteiger partial charge in [-0.2, -0.15) is 0 Å². The van der Waals surface area contributed by atoms with Crippen LogP contribution in [0, 0.1) is 5.92 Å². The number of rotatable bonds is 3. The van der Waals surface area contributed by atoms with E-state index in [0.717, 1.165) is 6.42 Å². The smallest absolute Gasteiger partial charge is 0.227 e. The third-order valence-electron chi connectivity index (χ3n) is 4.58. The first-order chi connectivity index (χ1) is 10.5. The van der Waals surface area contributed by atoms with Crippen molar-refractivity contribution in [1.82, 2.24) is 9.80 Å². The molecule has 0 aromatic heterocycles. The van der Waals surface area contributed by atoms with Crippen molar-refractivity contribution in [2.45, 2.75) is 25.6 Å². The Balaban J connectivity index is 1.57. The molecule has 1 aromatic rings. The molecule has 1 fully saturated rings. The Morgan fingerprint density at radius 2 is 2.05 bits per heavy atom. The fourth-order valence-corrected chi connectivity index (χ4v) is 3.26. The van der Waals surface area contributed by atoms with E-state index in [1.165, 1.54) is 11.1 Å². The number of fused-ring (bicyclic) bond motifs is 1. The summed E-state index contributed by atoms with van der Waals surface area (Å²) in [5, 5.41) is 0. The number of hydrogen-bond acceptors (Lipinski definition) is 3. The highest BCUT2D eigenvalue weighted by molar-refractivity contribution is 5.89. The van der Waals surface area contributed by atoms with Crippen LogP contribution in [-0.2, 0) is 27.4 Å². The van der Waals surface area contributed by atoms with Crippen molar-refractivity contribution in [1.29, 1.82) is 0 Å². The van der Waals surface area contributed by atoms with Gasteiger partial charge in [0, 0.05) is 40.0 Å². The van der Waals surface area contributed by atoms with Crippen molar-refractivity contribution in [3.05, 3.63) is 35.4 Å². The predicted molar refractivity (Wildman–Crippen MR) is 82.1 cm³/mol. The molecular formula is C17H22N2O3. The summed E-state index contributed by atoms with van der Waals surface area (Å²) in [7, 11) is 3.55. The Morgan fingerprint density at radius 3 is 2.73 bits per heavy atom. The molecule has 2 aliphatic heterocycles. The van der Waals surface area contributed by atoms with Crippen molar-refractivity contribution >= 4 is 11.8 Å². The Hall–Kier alpha value is -1.88. The fraction of sp³-hybridized carbons (Fsp3) is 0.529. The molecule has 22 heavy (non-hydrogen) atoms. The monoisotopic (exact) mass is 302 g/mol. The lowest BCUT2D eigenvalue weighted by atomic mass is 9.98. The van der Waals surface area contributed by atoms with Gasteiger partial charge in [-0.1, -0.05) is 24.3 Å². The number of likely N-dealkylation sites (tertiary alicyclic amines) is 1. The van der Waals surface area contributed by atoms with Gasteiger partial charge in [-0.25, -0.2) is 0 Å². The maximum Gasteiger partial charge on any atom is 0.227 e. The number of ether oxygens (including phenoxy) is 1. The lowest BCUT2D eigenvalue weighted by Crippen LogP contribution is -2.41. The third kappa shape index (κ3) is 2.99. The van der Waals surface area contributed by atoms with Gasteiger partial charge >= 0.3 is 0 Å². The van der Waals surface area contributed by atoms with Crippen molar-refractivity contribution in [3.63, 3.8) is 0 Å². The van der Waals surface area contributed by atoms with Crippen LogP contribution in [0.2, 0.25) is 0 Å². The molecule has 5 heteroatoms. The molecule has 0 spiro atoms. The zero-order chi connectivity index (χ0) is 15.7. The van der Waals surface area contributed by atoms with Crippen molar-refractivity contribution < 1.29 is 14.3 Å². The van der Waals surface area contributed by atoms with Crippen LogP contribution < -0.4 is 0 Å². The van der Waals surface area contributed by atoms with Gasteiger partial charge in [-0.3, -0.25) is 9.59 Å². The van der Waals surface area contributed by atoms with Crippen LogP contribution in [0.5, 0.6) is 0 Å². The van der Waals surface area contributed by atoms with E-state index in [4.69, 9.17) is 4.74 Å². The van der Waals surface area contributed by atoms with E-state index in [0.29, 0.717) is 26.1 Å². The van der Waals surface area contributed by atoms with Crippen LogP contribution in [0.25, 0.3) is 0 Å². The minimum atomic E-state index is -0.210. The molecular weight excluding hydrogens is 280 g/mol. The highest BCUT2D eigenvalue weighted by atomic mass is 16.5. The molecule has 2 amide bonds. The topological polar surface area (TPSA) is 49.9 Å². The SMILES string of the molecule is CN1CC(C(=O)N(C)CC2Cc3ccccc3CO2)CC1=O. The molecule has 5 nitrogen and oxygen atoms in total. The summed E-state index contributed by atoms with van der Waals surface area (Å²) in [5.41, 5.74) is 2.53. The van der Waals surface area contributed by atoms with Crippen LogP contribution in [-0.4, -0.2) is 54.9 Å². The zero-order valence-corrected chi connectivity index (χ0v) is 13.1. The van der Waals surface area contributed by atoms with Crippen LogP contribution in [0.4, 0.5) is 0 Å². The summed E-state index contributed by atoms with van der Waals surface area (Å²) in [6.07, 6.45) is 1.18. The highest BCUT2D eigenvalue weighted by Crippen LogP contribution is 2.22. The average molecular weight is 302 g/mol. The summed E-state index contributed by atoms with van der Waals surface area (Å²) in [5.74, 6) is -0.117. The first-order valence-electron chi connectivity index (χ1n) is 7.72. The molecule has 118 valence electrons. The third-order valence-corrected chi connectivity index (χ3v) is 4.58. The number of carbonyl (C=O) groups excluding carboxylic acids is 2. The van der Waals surface area contributed by atoms with E-state index in [1.807, 2.05) is 12.1 Å². The Morgan fingerprint density at radius 1 is 1.32 bits per heavy atom. The lowest BCUT2D eigenvalue weighted by molar-refractivity contribution is -0.136. The fourth-order valence-electron chi connectivity index (χ4n) is 3.26. The van der Waals surface area contributed by atoms with E-state index >= 15 is 0 Å². The van der Waals surface area contributed by atoms with Gasteiger partial charge < -0.3 is 14.5 Å². The van der Waals surface area contributed by atoms with Crippen LogP contribution in [0.1, 0.15) is 17.5 Å². The molecule has 2 heterocycles. The quantitative estimate of drug-likeness (QED) is 0.839. The maximum atomic E-state index is 12.4. The minimum absolute atomic E-state index is 0.0266. The minimum Gasteiger partial charge on any atom is -0.371 e. The van der Waals surface area contributed by atoms with Crippen molar-refractivity contribution in [3.8, 4) is 0 Å². The second-order valence-corrected chi connectivity index (χ2v) is 6.30. The summed E-state index contributed by atoms with van der Waals surface area (Å²) in [6.45, 7) is 1.70. The number of hydrogen-bond donors (Lipinski definition) is 0. The first kappa shape index (κ1) is 15.0. The number of benzene rings is 1. The second-order valence-electron chi connectivity index (χ2n) is 6.30. The molecule has 1 saturated heterocycles. The van der Waals surface area contributed by atoms with Crippen molar-refractivity contribution in [2.75, 3.05) is 27.2 Å². The molecule has 2 atom stereocenters. The van der Waals surface area contributed by atoms with Crippen LogP contribution in [0.3, 0.4) is 0 Å². The Bertz CT molecular complexity index is 587. The summed E-state index contributed by atoms with van der Waals surface area (Å²) in [4.78, 5) is 27.4. The van der Waals surface area contributed by atoms with Gasteiger partial charge in [0.25, 0.3) is 0 Å². The van der Waals surface area contributed by atoms with Gasteiger partial charge in [-0.05, 0) is 11.1 Å². The Kier molecular flexibility index (Phi) is 4.16. The van der Waals surface area contributed by atoms with Crippen LogP contribution in [0.15, 0.2) is 24.3 Å². The Labute approximate surface area is 130 Å². The number of likely N-dealkylation sites (N-methyl/N-ethyl adjacent to an activating group) is 1. The molecule has 0 bridgehead atoms. The van der Waals surface area contributed by atoms with E-state index in [9.17, 15) is 9.59 Å². The van der Waals surface area contributed by atoms with Gasteiger partial charge in [-0.15, -0.1) is 0 Å². The molecule has 0 aliphatic carbocycles. The van der Waals surface area contributed by atoms with Crippen molar-refractivity contribution in [2.24, 2.45) is 5.92 Å².